The molecule has 28 heavy (non-hydrogen) atoms. The summed E-state index contributed by atoms with van der Waals surface area (Å²) < 4.78 is 25.4. The van der Waals surface area contributed by atoms with Crippen molar-refractivity contribution in [3.05, 3.63) is 64.5 Å². The Morgan fingerprint density at radius 2 is 1.68 bits per heavy atom. The van der Waals surface area contributed by atoms with Gasteiger partial charge in [0.15, 0.2) is 6.61 Å². The van der Waals surface area contributed by atoms with Gasteiger partial charge in [0.25, 0.3) is 0 Å². The lowest BCUT2D eigenvalue weighted by molar-refractivity contribution is -0.142. The molecule has 144 valence electrons. The first-order valence-electron chi connectivity index (χ1n) is 8.13. The lowest BCUT2D eigenvalue weighted by atomic mass is 10.2. The number of rotatable bonds is 6. The fourth-order valence-electron chi connectivity index (χ4n) is 2.36. The fourth-order valence-corrected chi connectivity index (χ4v) is 2.36. The van der Waals surface area contributed by atoms with Crippen molar-refractivity contribution in [2.45, 2.75) is 0 Å². The average molecular weight is 384 g/mol. The zero-order valence-corrected chi connectivity index (χ0v) is 15.1. The molecule has 0 unspecified atom stereocenters. The van der Waals surface area contributed by atoms with Gasteiger partial charge in [-0.05, 0) is 36.4 Å². The van der Waals surface area contributed by atoms with Crippen LogP contribution in [0.25, 0.3) is 11.0 Å². The maximum atomic E-state index is 12.6. The van der Waals surface area contributed by atoms with Crippen molar-refractivity contribution in [1.82, 2.24) is 0 Å². The van der Waals surface area contributed by atoms with Crippen LogP contribution in [0, 0.1) is 0 Å². The third-order valence-corrected chi connectivity index (χ3v) is 3.80. The molecule has 0 aliphatic carbocycles. The number of hydrogen-bond acceptors (Lipinski definition) is 8. The molecule has 1 heterocycles. The maximum Gasteiger partial charge on any atom is 0.343 e. The van der Waals surface area contributed by atoms with Crippen molar-refractivity contribution in [3.8, 4) is 17.2 Å². The van der Waals surface area contributed by atoms with Gasteiger partial charge in [-0.15, -0.1) is 0 Å². The molecule has 0 saturated heterocycles. The van der Waals surface area contributed by atoms with Crippen LogP contribution in [-0.4, -0.2) is 32.8 Å². The van der Waals surface area contributed by atoms with Crippen LogP contribution >= 0.6 is 0 Å². The fraction of sp³-hybridized carbons (Fsp3) is 0.150. The molecule has 0 atom stereocenters. The first-order chi connectivity index (χ1) is 13.5. The molecule has 0 bridgehead atoms. The SMILES string of the molecule is COC(=O)COc1ccc2c(=O)c(Oc3ccc(C(=O)OC)cc3)coc2c1. The summed E-state index contributed by atoms with van der Waals surface area (Å²) in [6.07, 6.45) is 1.18. The number of carbonyl (C=O) groups excluding carboxylic acids is 2. The second-order valence-corrected chi connectivity index (χ2v) is 5.57. The van der Waals surface area contributed by atoms with Crippen molar-refractivity contribution in [2.75, 3.05) is 20.8 Å². The van der Waals surface area contributed by atoms with Gasteiger partial charge in [0.1, 0.15) is 23.3 Å². The molecule has 2 aromatic carbocycles. The minimum Gasteiger partial charge on any atom is -0.482 e. The molecule has 0 radical (unpaired) electrons. The van der Waals surface area contributed by atoms with Gasteiger partial charge in [-0.3, -0.25) is 4.79 Å². The van der Waals surface area contributed by atoms with Gasteiger partial charge < -0.3 is 23.4 Å². The maximum absolute atomic E-state index is 12.6. The number of ether oxygens (including phenoxy) is 4. The highest BCUT2D eigenvalue weighted by molar-refractivity contribution is 5.89. The van der Waals surface area contributed by atoms with Crippen LogP contribution < -0.4 is 14.9 Å². The number of fused-ring (bicyclic) bond motifs is 1. The molecule has 0 amide bonds. The number of hydrogen-bond donors (Lipinski definition) is 0. The summed E-state index contributed by atoms with van der Waals surface area (Å²) in [5.41, 5.74) is 0.262. The number of carbonyl (C=O) groups is 2. The lowest BCUT2D eigenvalue weighted by Gasteiger charge is -2.08. The quantitative estimate of drug-likeness (QED) is 0.598. The molecule has 0 N–H and O–H groups in total. The molecule has 8 nitrogen and oxygen atoms in total. The largest absolute Gasteiger partial charge is 0.482 e. The van der Waals surface area contributed by atoms with Crippen LogP contribution in [0.4, 0.5) is 0 Å². The lowest BCUT2D eigenvalue weighted by Crippen LogP contribution is -2.12. The Kier molecular flexibility index (Phi) is 5.59. The van der Waals surface area contributed by atoms with Crippen molar-refractivity contribution in [1.29, 1.82) is 0 Å². The van der Waals surface area contributed by atoms with Gasteiger partial charge in [-0.2, -0.15) is 0 Å². The molecule has 8 heteroatoms. The number of methoxy groups -OCH3 is 2. The second kappa shape index (κ2) is 8.26. The van der Waals surface area contributed by atoms with Crippen molar-refractivity contribution in [3.63, 3.8) is 0 Å². The zero-order chi connectivity index (χ0) is 20.1. The van der Waals surface area contributed by atoms with Crippen LogP contribution in [0.5, 0.6) is 17.2 Å². The van der Waals surface area contributed by atoms with Crippen LogP contribution in [-0.2, 0) is 14.3 Å². The van der Waals surface area contributed by atoms with E-state index in [-0.39, 0.29) is 28.8 Å². The van der Waals surface area contributed by atoms with E-state index < -0.39 is 11.9 Å². The molecule has 3 aromatic rings. The van der Waals surface area contributed by atoms with Crippen molar-refractivity contribution in [2.24, 2.45) is 0 Å². The minimum atomic E-state index is -0.525. The predicted octanol–water partition coefficient (Wildman–Crippen LogP) is 2.92. The molecule has 0 spiro atoms. The van der Waals surface area contributed by atoms with E-state index in [1.54, 1.807) is 12.1 Å². The highest BCUT2D eigenvalue weighted by atomic mass is 16.6. The molecule has 0 aliphatic rings. The molecule has 0 saturated carbocycles. The molecule has 0 aliphatic heterocycles. The van der Waals surface area contributed by atoms with E-state index >= 15 is 0 Å². The summed E-state index contributed by atoms with van der Waals surface area (Å²) in [6.45, 7) is -0.255. The Labute approximate surface area is 159 Å². The van der Waals surface area contributed by atoms with Gasteiger partial charge >= 0.3 is 11.9 Å². The molecular formula is C20H16O8. The normalized spacial score (nSPS) is 10.4. The van der Waals surface area contributed by atoms with Gasteiger partial charge in [0.05, 0.1) is 25.2 Å². The molecule has 1 aromatic heterocycles. The second-order valence-electron chi connectivity index (χ2n) is 5.57. The Bertz CT molecular complexity index is 1070. The summed E-state index contributed by atoms with van der Waals surface area (Å²) in [5, 5.41) is 0.286. The summed E-state index contributed by atoms with van der Waals surface area (Å²) in [6, 6.07) is 10.7. The van der Waals surface area contributed by atoms with E-state index in [4.69, 9.17) is 13.9 Å². The summed E-state index contributed by atoms with van der Waals surface area (Å²) >= 11 is 0. The smallest absolute Gasteiger partial charge is 0.343 e. The van der Waals surface area contributed by atoms with Crippen molar-refractivity contribution < 1.29 is 33.0 Å². The Morgan fingerprint density at radius 1 is 0.964 bits per heavy atom. The van der Waals surface area contributed by atoms with Crippen LogP contribution in [0.15, 0.2) is 57.9 Å². The van der Waals surface area contributed by atoms with E-state index in [1.807, 2.05) is 0 Å². The highest BCUT2D eigenvalue weighted by Crippen LogP contribution is 2.24. The molecule has 3 rings (SSSR count). The third-order valence-electron chi connectivity index (χ3n) is 3.80. The van der Waals surface area contributed by atoms with E-state index in [1.165, 1.54) is 50.8 Å². The average Bonchev–Trinajstić information content (AvgIpc) is 2.73. The predicted molar refractivity (Wildman–Crippen MR) is 97.9 cm³/mol. The van der Waals surface area contributed by atoms with E-state index in [0.717, 1.165) is 0 Å². The zero-order valence-electron chi connectivity index (χ0n) is 15.1. The topological polar surface area (TPSA) is 101 Å². The van der Waals surface area contributed by atoms with Gasteiger partial charge in [0, 0.05) is 6.07 Å². The van der Waals surface area contributed by atoms with Crippen LogP contribution in [0.1, 0.15) is 10.4 Å². The van der Waals surface area contributed by atoms with Gasteiger partial charge in [-0.1, -0.05) is 0 Å². The number of benzene rings is 2. The van der Waals surface area contributed by atoms with E-state index in [0.29, 0.717) is 17.1 Å². The summed E-state index contributed by atoms with van der Waals surface area (Å²) in [5.74, 6) is -0.294. The number of esters is 2. The monoisotopic (exact) mass is 384 g/mol. The van der Waals surface area contributed by atoms with Crippen LogP contribution in [0.2, 0.25) is 0 Å². The van der Waals surface area contributed by atoms with E-state index in [2.05, 4.69) is 9.47 Å². The van der Waals surface area contributed by atoms with E-state index in [9.17, 15) is 14.4 Å². The Balaban J connectivity index is 1.81. The third kappa shape index (κ3) is 4.12. The highest BCUT2D eigenvalue weighted by Gasteiger charge is 2.12. The van der Waals surface area contributed by atoms with Crippen molar-refractivity contribution >= 4 is 22.9 Å². The Morgan fingerprint density at radius 3 is 2.36 bits per heavy atom. The first kappa shape index (κ1) is 19.0. The Hall–Kier alpha value is -3.81. The molecular weight excluding hydrogens is 368 g/mol. The molecule has 0 fully saturated rings. The first-order valence-corrected chi connectivity index (χ1v) is 8.13. The van der Waals surface area contributed by atoms with Gasteiger partial charge in [0.2, 0.25) is 11.2 Å². The summed E-state index contributed by atoms with van der Waals surface area (Å²) in [4.78, 5) is 35.2. The summed E-state index contributed by atoms with van der Waals surface area (Å²) in [7, 11) is 2.55. The van der Waals surface area contributed by atoms with Gasteiger partial charge in [-0.25, -0.2) is 9.59 Å². The minimum absolute atomic E-state index is 0.0125. The standard InChI is InChI=1S/C20H16O8/c1-24-18(21)11-26-14-7-8-15-16(9-14)27-10-17(19(15)22)28-13-5-3-12(4-6-13)20(23)25-2/h3-10H,11H2,1-2H3. The van der Waals surface area contributed by atoms with Crippen LogP contribution in [0.3, 0.4) is 0 Å².